The molecule has 1 N–H and O–H groups in total. The summed E-state index contributed by atoms with van der Waals surface area (Å²) in [5.74, 6) is 0.719. The molecule has 0 saturated heterocycles. The lowest BCUT2D eigenvalue weighted by Gasteiger charge is -2.03. The first kappa shape index (κ1) is 13.2. The second-order valence-corrected chi connectivity index (χ2v) is 4.73. The van der Waals surface area contributed by atoms with E-state index in [9.17, 15) is 4.79 Å². The number of rotatable bonds is 4. The van der Waals surface area contributed by atoms with Gasteiger partial charge in [-0.25, -0.2) is 0 Å². The van der Waals surface area contributed by atoms with E-state index in [1.807, 2.05) is 54.6 Å². The monoisotopic (exact) mass is 277 g/mol. The van der Waals surface area contributed by atoms with Crippen molar-refractivity contribution in [3.63, 3.8) is 0 Å². The van der Waals surface area contributed by atoms with Crippen molar-refractivity contribution in [3.05, 3.63) is 72.3 Å². The van der Waals surface area contributed by atoms with Gasteiger partial charge in [0.2, 0.25) is 0 Å². The zero-order chi connectivity index (χ0) is 14.7. The van der Waals surface area contributed by atoms with E-state index >= 15 is 0 Å². The Kier molecular flexibility index (Phi) is 3.56. The topological polar surface area (TPSA) is 38.3 Å². The Morgan fingerprint density at radius 3 is 2.62 bits per heavy atom. The molecule has 2 aromatic carbocycles. The van der Waals surface area contributed by atoms with Crippen LogP contribution in [0.5, 0.6) is 5.75 Å². The molecular weight excluding hydrogens is 262 g/mol. The van der Waals surface area contributed by atoms with Crippen molar-refractivity contribution in [2.75, 3.05) is 11.9 Å². The number of hydrogen-bond acceptors (Lipinski definition) is 2. The number of carbonyl (C=O) groups excluding carboxylic acids is 1. The molecule has 2 aromatic rings. The van der Waals surface area contributed by atoms with Crippen molar-refractivity contribution in [2.45, 2.75) is 0 Å². The molecule has 0 aliphatic carbocycles. The number of hydrogen-bond donors (Lipinski definition) is 1. The van der Waals surface area contributed by atoms with Crippen LogP contribution in [0.3, 0.4) is 0 Å². The smallest absolute Gasteiger partial charge is 0.256 e. The molecule has 1 aliphatic rings. The molecule has 0 spiro atoms. The summed E-state index contributed by atoms with van der Waals surface area (Å²) >= 11 is 0. The zero-order valence-corrected chi connectivity index (χ0v) is 11.5. The third-order valence-corrected chi connectivity index (χ3v) is 3.27. The van der Waals surface area contributed by atoms with Gasteiger partial charge in [-0.1, -0.05) is 43.0 Å². The Hall–Kier alpha value is -2.81. The third kappa shape index (κ3) is 2.72. The Morgan fingerprint density at radius 1 is 1.10 bits per heavy atom. The van der Waals surface area contributed by atoms with Crippen molar-refractivity contribution in [2.24, 2.45) is 0 Å². The number of nitrogens with one attached hydrogen (secondary N) is 1. The summed E-state index contributed by atoms with van der Waals surface area (Å²) in [7, 11) is 0. The van der Waals surface area contributed by atoms with Crippen LogP contribution < -0.4 is 10.1 Å². The minimum absolute atomic E-state index is 0.0665. The lowest BCUT2D eigenvalue weighted by atomic mass is 10.0. The Morgan fingerprint density at radius 2 is 1.86 bits per heavy atom. The van der Waals surface area contributed by atoms with E-state index < -0.39 is 0 Å². The number of para-hydroxylation sites is 1. The summed E-state index contributed by atoms with van der Waals surface area (Å²) in [5.41, 5.74) is 3.45. The molecule has 0 radical (unpaired) electrons. The van der Waals surface area contributed by atoms with Crippen molar-refractivity contribution in [1.29, 1.82) is 0 Å². The number of fused-ring (bicyclic) bond motifs is 1. The fourth-order valence-electron chi connectivity index (χ4n) is 2.26. The predicted octanol–water partition coefficient (Wildman–Crippen LogP) is 3.74. The van der Waals surface area contributed by atoms with Crippen molar-refractivity contribution in [1.82, 2.24) is 0 Å². The van der Waals surface area contributed by atoms with Gasteiger partial charge >= 0.3 is 0 Å². The van der Waals surface area contributed by atoms with Crippen LogP contribution in [0.4, 0.5) is 5.69 Å². The van der Waals surface area contributed by atoms with E-state index in [-0.39, 0.29) is 5.91 Å². The lowest BCUT2D eigenvalue weighted by Crippen LogP contribution is -2.03. The van der Waals surface area contributed by atoms with E-state index in [4.69, 9.17) is 4.74 Å². The van der Waals surface area contributed by atoms with E-state index in [1.54, 1.807) is 6.08 Å². The molecule has 0 unspecified atom stereocenters. The van der Waals surface area contributed by atoms with Gasteiger partial charge in [0.1, 0.15) is 12.4 Å². The molecule has 0 saturated carbocycles. The highest BCUT2D eigenvalue weighted by Gasteiger charge is 2.23. The molecule has 3 heteroatoms. The number of carbonyl (C=O) groups is 1. The maximum atomic E-state index is 12.0. The summed E-state index contributed by atoms with van der Waals surface area (Å²) in [6, 6.07) is 15.3. The summed E-state index contributed by atoms with van der Waals surface area (Å²) in [6.07, 6.45) is 3.59. The minimum Gasteiger partial charge on any atom is -0.490 e. The first-order valence-electron chi connectivity index (χ1n) is 6.74. The van der Waals surface area contributed by atoms with Crippen LogP contribution in [0.15, 0.2) is 61.2 Å². The third-order valence-electron chi connectivity index (χ3n) is 3.27. The molecule has 3 nitrogen and oxygen atoms in total. The molecule has 21 heavy (non-hydrogen) atoms. The van der Waals surface area contributed by atoms with Crippen molar-refractivity contribution >= 4 is 23.2 Å². The summed E-state index contributed by atoms with van der Waals surface area (Å²) in [6.45, 7) is 4.09. The average Bonchev–Trinajstić information content (AvgIpc) is 2.83. The maximum Gasteiger partial charge on any atom is 0.256 e. The van der Waals surface area contributed by atoms with Gasteiger partial charge in [0.25, 0.3) is 5.91 Å². The quantitative estimate of drug-likeness (QED) is 0.683. The predicted molar refractivity (Wildman–Crippen MR) is 85.1 cm³/mol. The number of ether oxygens (including phenoxy) is 1. The number of anilines is 1. The molecule has 0 atom stereocenters. The largest absolute Gasteiger partial charge is 0.490 e. The molecule has 0 aromatic heterocycles. The zero-order valence-electron chi connectivity index (χ0n) is 11.5. The standard InChI is InChI=1S/C18H15NO2/c1-2-11-21-14-9-7-13(8-10-14)12-16-15-5-3-4-6-17(15)19-18(16)20/h2-10,12H,1,11H2,(H,19,20). The van der Waals surface area contributed by atoms with Crippen molar-refractivity contribution in [3.8, 4) is 5.75 Å². The highest BCUT2D eigenvalue weighted by Crippen LogP contribution is 2.32. The Bertz CT molecular complexity index is 714. The van der Waals surface area contributed by atoms with Gasteiger partial charge in [0.15, 0.2) is 0 Å². The SMILES string of the molecule is C=CCOc1ccc(C=C2C(=O)Nc3ccccc32)cc1. The molecular formula is C18H15NO2. The summed E-state index contributed by atoms with van der Waals surface area (Å²) in [5, 5.41) is 2.86. The summed E-state index contributed by atoms with van der Waals surface area (Å²) < 4.78 is 5.44. The van der Waals surface area contributed by atoms with Crippen LogP contribution in [0.2, 0.25) is 0 Å². The van der Waals surface area contributed by atoms with Gasteiger partial charge in [-0.05, 0) is 29.8 Å². The van der Waals surface area contributed by atoms with Gasteiger partial charge in [-0.2, -0.15) is 0 Å². The van der Waals surface area contributed by atoms with Gasteiger partial charge in [0, 0.05) is 16.8 Å². The first-order valence-corrected chi connectivity index (χ1v) is 6.74. The van der Waals surface area contributed by atoms with E-state index in [0.29, 0.717) is 12.2 Å². The molecule has 1 heterocycles. The molecule has 104 valence electrons. The maximum absolute atomic E-state index is 12.0. The van der Waals surface area contributed by atoms with Crippen LogP contribution in [-0.4, -0.2) is 12.5 Å². The van der Waals surface area contributed by atoms with Gasteiger partial charge in [-0.3, -0.25) is 4.79 Å². The second kappa shape index (κ2) is 5.67. The Balaban J connectivity index is 1.88. The first-order chi connectivity index (χ1) is 10.3. The fraction of sp³-hybridized carbons (Fsp3) is 0.0556. The van der Waals surface area contributed by atoms with Crippen molar-refractivity contribution < 1.29 is 9.53 Å². The normalized spacial score (nSPS) is 14.7. The van der Waals surface area contributed by atoms with E-state index in [2.05, 4.69) is 11.9 Å². The van der Waals surface area contributed by atoms with Crippen LogP contribution in [0, 0.1) is 0 Å². The van der Waals surface area contributed by atoms with Gasteiger partial charge in [0.05, 0.1) is 0 Å². The minimum atomic E-state index is -0.0665. The molecule has 1 aliphatic heterocycles. The second-order valence-electron chi connectivity index (χ2n) is 4.73. The van der Waals surface area contributed by atoms with Gasteiger partial charge < -0.3 is 10.1 Å². The molecule has 3 rings (SSSR count). The molecule has 1 amide bonds. The Labute approximate surface area is 123 Å². The average molecular weight is 277 g/mol. The van der Waals surface area contributed by atoms with Crippen LogP contribution in [0.25, 0.3) is 11.6 Å². The number of benzene rings is 2. The highest BCUT2D eigenvalue weighted by atomic mass is 16.5. The fourth-order valence-corrected chi connectivity index (χ4v) is 2.26. The van der Waals surface area contributed by atoms with Gasteiger partial charge in [-0.15, -0.1) is 0 Å². The molecule has 0 bridgehead atoms. The van der Waals surface area contributed by atoms with E-state index in [0.717, 1.165) is 22.6 Å². The van der Waals surface area contributed by atoms with Crippen LogP contribution in [-0.2, 0) is 4.79 Å². The van der Waals surface area contributed by atoms with Crippen LogP contribution >= 0.6 is 0 Å². The highest BCUT2D eigenvalue weighted by molar-refractivity contribution is 6.34. The number of amides is 1. The van der Waals surface area contributed by atoms with Crippen LogP contribution in [0.1, 0.15) is 11.1 Å². The molecule has 0 fully saturated rings. The lowest BCUT2D eigenvalue weighted by molar-refractivity contribution is -0.110. The summed E-state index contributed by atoms with van der Waals surface area (Å²) in [4.78, 5) is 12.0. The van der Waals surface area contributed by atoms with E-state index in [1.165, 1.54) is 0 Å².